The Kier molecular flexibility index (Phi) is 4.32. The summed E-state index contributed by atoms with van der Waals surface area (Å²) >= 11 is 0. The minimum Gasteiger partial charge on any atom is -0.481 e. The molecule has 1 amide bonds. The molecule has 0 bridgehead atoms. The first-order valence-corrected chi connectivity index (χ1v) is 8.98. The lowest BCUT2D eigenvalue weighted by atomic mass is 10.1. The van der Waals surface area contributed by atoms with Gasteiger partial charge in [-0.1, -0.05) is 30.3 Å². The van der Waals surface area contributed by atoms with Gasteiger partial charge in [-0.15, -0.1) is 0 Å². The Balaban J connectivity index is 1.53. The van der Waals surface area contributed by atoms with Crippen molar-refractivity contribution in [3.8, 4) is 5.75 Å². The van der Waals surface area contributed by atoms with Crippen molar-refractivity contribution in [1.82, 2.24) is 0 Å². The summed E-state index contributed by atoms with van der Waals surface area (Å²) in [7, 11) is 0. The van der Waals surface area contributed by atoms with E-state index >= 15 is 0 Å². The summed E-state index contributed by atoms with van der Waals surface area (Å²) in [5.41, 5.74) is 4.44. The molecule has 1 atom stereocenters. The molecule has 1 N–H and O–H groups in total. The zero-order valence-corrected chi connectivity index (χ0v) is 15.6. The number of hydrogen-bond acceptors (Lipinski definition) is 3. The average Bonchev–Trinajstić information content (AvgIpc) is 3.03. The Morgan fingerprint density at radius 3 is 2.59 bits per heavy atom. The second-order valence-electron chi connectivity index (χ2n) is 6.76. The molecule has 0 saturated heterocycles. The number of rotatable bonds is 4. The second-order valence-corrected chi connectivity index (χ2v) is 6.76. The lowest BCUT2D eigenvalue weighted by Crippen LogP contribution is -2.30. The number of fused-ring (bicyclic) bond motifs is 3. The second kappa shape index (κ2) is 6.80. The van der Waals surface area contributed by atoms with Gasteiger partial charge in [0.05, 0.1) is 0 Å². The van der Waals surface area contributed by atoms with Gasteiger partial charge in [0.15, 0.2) is 6.10 Å². The fraction of sp³-hybridized carbons (Fsp3) is 0.174. The molecule has 0 spiro atoms. The van der Waals surface area contributed by atoms with Crippen molar-refractivity contribution in [2.45, 2.75) is 26.9 Å². The van der Waals surface area contributed by atoms with Gasteiger partial charge < -0.3 is 14.5 Å². The van der Waals surface area contributed by atoms with Crippen molar-refractivity contribution in [3.63, 3.8) is 0 Å². The fourth-order valence-corrected chi connectivity index (χ4v) is 3.14. The van der Waals surface area contributed by atoms with E-state index in [9.17, 15) is 4.79 Å². The van der Waals surface area contributed by atoms with Crippen molar-refractivity contribution in [2.24, 2.45) is 0 Å². The van der Waals surface area contributed by atoms with E-state index in [0.717, 1.165) is 38.8 Å². The maximum Gasteiger partial charge on any atom is 0.265 e. The third kappa shape index (κ3) is 3.26. The summed E-state index contributed by atoms with van der Waals surface area (Å²) in [5, 5.41) is 5.01. The van der Waals surface area contributed by atoms with Crippen LogP contribution in [0.15, 0.2) is 65.1 Å². The maximum absolute atomic E-state index is 12.6. The Morgan fingerprint density at radius 1 is 0.963 bits per heavy atom. The average molecular weight is 359 g/mol. The lowest BCUT2D eigenvalue weighted by molar-refractivity contribution is -0.122. The van der Waals surface area contributed by atoms with Crippen LogP contribution in [0.1, 0.15) is 18.1 Å². The molecule has 4 aromatic rings. The molecule has 0 unspecified atom stereocenters. The SMILES string of the molecule is Cc1cccc(O[C@@H](C)C(=O)Nc2ccc3c(c2)oc2ccccc23)c1C. The monoisotopic (exact) mass is 359 g/mol. The number of amides is 1. The molecule has 27 heavy (non-hydrogen) atoms. The van der Waals surface area contributed by atoms with Crippen molar-refractivity contribution < 1.29 is 13.9 Å². The first kappa shape index (κ1) is 17.2. The van der Waals surface area contributed by atoms with E-state index in [4.69, 9.17) is 9.15 Å². The first-order chi connectivity index (χ1) is 13.0. The Morgan fingerprint density at radius 2 is 1.74 bits per heavy atom. The molecule has 0 aliphatic carbocycles. The molecule has 0 aliphatic heterocycles. The summed E-state index contributed by atoms with van der Waals surface area (Å²) < 4.78 is 11.7. The Labute approximate surface area is 157 Å². The molecule has 4 rings (SSSR count). The van der Waals surface area contributed by atoms with Gasteiger partial charge in [0.1, 0.15) is 16.9 Å². The van der Waals surface area contributed by atoms with Gasteiger partial charge in [-0.3, -0.25) is 4.79 Å². The maximum atomic E-state index is 12.6. The van der Waals surface area contributed by atoms with Crippen molar-refractivity contribution in [2.75, 3.05) is 5.32 Å². The molecule has 136 valence electrons. The molecule has 0 radical (unpaired) electrons. The fourth-order valence-electron chi connectivity index (χ4n) is 3.14. The van der Waals surface area contributed by atoms with Crippen molar-refractivity contribution in [3.05, 3.63) is 71.8 Å². The predicted octanol–water partition coefficient (Wildman–Crippen LogP) is 5.61. The van der Waals surface area contributed by atoms with Crippen LogP contribution in [0.4, 0.5) is 5.69 Å². The normalized spacial score (nSPS) is 12.3. The summed E-state index contributed by atoms with van der Waals surface area (Å²) in [6.45, 7) is 5.76. The largest absolute Gasteiger partial charge is 0.481 e. The van der Waals surface area contributed by atoms with Gasteiger partial charge in [-0.25, -0.2) is 0 Å². The van der Waals surface area contributed by atoms with E-state index in [1.165, 1.54) is 0 Å². The Hall–Kier alpha value is -3.27. The predicted molar refractivity (Wildman–Crippen MR) is 108 cm³/mol. The molecule has 1 aromatic heterocycles. The van der Waals surface area contributed by atoms with Crippen LogP contribution in [0, 0.1) is 13.8 Å². The van der Waals surface area contributed by atoms with Crippen LogP contribution >= 0.6 is 0 Å². The van der Waals surface area contributed by atoms with E-state index in [-0.39, 0.29) is 5.91 Å². The van der Waals surface area contributed by atoms with Crippen LogP contribution in [0.25, 0.3) is 21.9 Å². The van der Waals surface area contributed by atoms with Gasteiger partial charge in [0.25, 0.3) is 5.91 Å². The molecule has 0 saturated carbocycles. The summed E-state index contributed by atoms with van der Waals surface area (Å²) in [4.78, 5) is 12.6. The number of anilines is 1. The van der Waals surface area contributed by atoms with Crippen molar-refractivity contribution in [1.29, 1.82) is 0 Å². The topological polar surface area (TPSA) is 51.5 Å². The number of nitrogens with one attached hydrogen (secondary N) is 1. The number of carbonyl (C=O) groups is 1. The highest BCUT2D eigenvalue weighted by Crippen LogP contribution is 2.30. The van der Waals surface area contributed by atoms with Crippen LogP contribution in [0.5, 0.6) is 5.75 Å². The summed E-state index contributed by atoms with van der Waals surface area (Å²) in [6.07, 6.45) is -0.614. The highest BCUT2D eigenvalue weighted by Gasteiger charge is 2.17. The molecule has 3 aromatic carbocycles. The zero-order chi connectivity index (χ0) is 19.0. The minimum atomic E-state index is -0.614. The van der Waals surface area contributed by atoms with Gasteiger partial charge in [0.2, 0.25) is 0 Å². The van der Waals surface area contributed by atoms with Gasteiger partial charge in [-0.2, -0.15) is 0 Å². The summed E-state index contributed by atoms with van der Waals surface area (Å²) in [5.74, 6) is 0.525. The first-order valence-electron chi connectivity index (χ1n) is 8.98. The van der Waals surface area contributed by atoms with E-state index < -0.39 is 6.10 Å². The molecule has 1 heterocycles. The molecule has 0 fully saturated rings. The standard InChI is InChI=1S/C23H21NO3/c1-14-7-6-10-20(15(14)2)26-16(3)23(25)24-17-11-12-19-18-8-4-5-9-21(18)27-22(19)13-17/h4-13,16H,1-3H3,(H,24,25)/t16-/m0/s1. The highest BCUT2D eigenvalue weighted by atomic mass is 16.5. The number of ether oxygens (including phenoxy) is 1. The lowest BCUT2D eigenvalue weighted by Gasteiger charge is -2.17. The Bertz CT molecular complexity index is 1140. The molecule has 4 nitrogen and oxygen atoms in total. The van der Waals surface area contributed by atoms with E-state index in [1.807, 2.05) is 74.5 Å². The summed E-state index contributed by atoms with van der Waals surface area (Å²) in [6, 6.07) is 19.4. The number of carbonyl (C=O) groups excluding carboxylic acids is 1. The van der Waals surface area contributed by atoms with E-state index in [0.29, 0.717) is 5.69 Å². The third-order valence-corrected chi connectivity index (χ3v) is 4.87. The zero-order valence-electron chi connectivity index (χ0n) is 15.6. The number of para-hydroxylation sites is 1. The van der Waals surface area contributed by atoms with E-state index in [2.05, 4.69) is 5.32 Å². The van der Waals surface area contributed by atoms with E-state index in [1.54, 1.807) is 6.92 Å². The molecular weight excluding hydrogens is 338 g/mol. The van der Waals surface area contributed by atoms with Crippen LogP contribution in [0.2, 0.25) is 0 Å². The smallest absolute Gasteiger partial charge is 0.265 e. The number of hydrogen-bond donors (Lipinski definition) is 1. The molecule has 0 aliphatic rings. The third-order valence-electron chi connectivity index (χ3n) is 4.87. The highest BCUT2D eigenvalue weighted by molar-refractivity contribution is 6.06. The number of aryl methyl sites for hydroxylation is 1. The van der Waals surface area contributed by atoms with Crippen molar-refractivity contribution >= 4 is 33.5 Å². The van der Waals surface area contributed by atoms with Gasteiger partial charge >= 0.3 is 0 Å². The quantitative estimate of drug-likeness (QED) is 0.515. The van der Waals surface area contributed by atoms with Crippen LogP contribution in [-0.2, 0) is 4.79 Å². The van der Waals surface area contributed by atoms with Gasteiger partial charge in [0, 0.05) is 22.5 Å². The van der Waals surface area contributed by atoms with Crippen LogP contribution in [-0.4, -0.2) is 12.0 Å². The number of furan rings is 1. The number of benzene rings is 3. The molecule has 4 heteroatoms. The van der Waals surface area contributed by atoms with Gasteiger partial charge in [-0.05, 0) is 56.2 Å². The minimum absolute atomic E-state index is 0.202. The van der Waals surface area contributed by atoms with Crippen LogP contribution < -0.4 is 10.1 Å². The van der Waals surface area contributed by atoms with Crippen LogP contribution in [0.3, 0.4) is 0 Å². The molecular formula is C23H21NO3.